The van der Waals surface area contributed by atoms with E-state index in [1.165, 1.54) is 57.0 Å². The van der Waals surface area contributed by atoms with E-state index in [0.717, 1.165) is 59.9 Å². The first kappa shape index (κ1) is 40.9. The fourth-order valence-corrected chi connectivity index (χ4v) is 12.0. The molecular formula is C46H46Cl2N2O6S2. The minimum atomic E-state index is -1.82. The molecule has 0 amide bonds. The zero-order chi connectivity index (χ0) is 40.6. The van der Waals surface area contributed by atoms with Gasteiger partial charge in [0, 0.05) is 56.7 Å². The van der Waals surface area contributed by atoms with E-state index in [-0.39, 0.29) is 0 Å². The molecule has 0 spiro atoms. The summed E-state index contributed by atoms with van der Waals surface area (Å²) in [6.45, 7) is 1.99. The van der Waals surface area contributed by atoms with Crippen LogP contribution in [0.25, 0.3) is 20.2 Å². The van der Waals surface area contributed by atoms with Crippen LogP contribution in [0.5, 0.6) is 0 Å². The SMILES string of the molecule is O=C(O)C(=O)O.OC1(c2ccc(Cl)cc2)C[C@H]2CC[C@@H](C1)N2Cc1csc2ccccc12.OC1(c2ccc(Cl)cc2)C[C@H]2CC[C@@H](C1)N2Cc1csc2ccccc12. The summed E-state index contributed by atoms with van der Waals surface area (Å²) in [6.07, 6.45) is 7.98. The average Bonchev–Trinajstić information content (AvgIpc) is 3.95. The van der Waals surface area contributed by atoms with Gasteiger partial charge in [0.05, 0.1) is 11.2 Å². The molecule has 4 aromatic carbocycles. The van der Waals surface area contributed by atoms with Gasteiger partial charge in [0.15, 0.2) is 0 Å². The lowest BCUT2D eigenvalue weighted by Gasteiger charge is -2.44. The predicted molar refractivity (Wildman–Crippen MR) is 233 cm³/mol. The van der Waals surface area contributed by atoms with Crippen LogP contribution in [0.3, 0.4) is 0 Å². The van der Waals surface area contributed by atoms with Gasteiger partial charge in [0.1, 0.15) is 0 Å². The Bertz CT molecular complexity index is 2200. The van der Waals surface area contributed by atoms with Crippen molar-refractivity contribution in [1.29, 1.82) is 0 Å². The van der Waals surface area contributed by atoms with E-state index in [4.69, 9.17) is 43.0 Å². The number of nitrogens with zero attached hydrogens (tertiary/aromatic N) is 2. The van der Waals surface area contributed by atoms with Crippen molar-refractivity contribution >= 4 is 78.0 Å². The van der Waals surface area contributed by atoms with Crippen molar-refractivity contribution in [3.63, 3.8) is 0 Å². The number of aliphatic hydroxyl groups is 2. The van der Waals surface area contributed by atoms with E-state index < -0.39 is 23.1 Å². The van der Waals surface area contributed by atoms with Crippen molar-refractivity contribution in [1.82, 2.24) is 9.80 Å². The molecule has 4 aliphatic rings. The molecular weight excluding hydrogens is 812 g/mol. The van der Waals surface area contributed by atoms with Gasteiger partial charge in [-0.25, -0.2) is 9.59 Å². The molecule has 0 aliphatic carbocycles. The van der Waals surface area contributed by atoms with E-state index in [0.29, 0.717) is 24.2 Å². The van der Waals surface area contributed by atoms with Crippen LogP contribution in [0.1, 0.15) is 73.6 Å². The highest BCUT2D eigenvalue weighted by Crippen LogP contribution is 2.48. The van der Waals surface area contributed by atoms with E-state index in [9.17, 15) is 10.2 Å². The average molecular weight is 858 g/mol. The fourth-order valence-electron chi connectivity index (χ4n) is 9.84. The van der Waals surface area contributed by atoms with Crippen molar-refractivity contribution in [2.45, 2.75) is 99.8 Å². The van der Waals surface area contributed by atoms with Crippen LogP contribution < -0.4 is 0 Å². The number of hydrogen-bond donors (Lipinski definition) is 4. The minimum Gasteiger partial charge on any atom is -0.473 e. The number of piperidine rings is 2. The first-order valence-electron chi connectivity index (χ1n) is 19.7. The van der Waals surface area contributed by atoms with Gasteiger partial charge in [-0.05, 0) is 132 Å². The van der Waals surface area contributed by atoms with Crippen LogP contribution in [0.4, 0.5) is 0 Å². The summed E-state index contributed by atoms with van der Waals surface area (Å²) in [6, 6.07) is 34.7. The van der Waals surface area contributed by atoms with Gasteiger partial charge in [0.25, 0.3) is 0 Å². The second kappa shape index (κ2) is 17.0. The molecule has 0 radical (unpaired) electrons. The molecule has 6 atom stereocenters. The summed E-state index contributed by atoms with van der Waals surface area (Å²) >= 11 is 15.7. The molecule has 2 aromatic heterocycles. The van der Waals surface area contributed by atoms with Crippen LogP contribution in [-0.4, -0.2) is 66.3 Å². The normalized spacial score (nSPS) is 26.5. The van der Waals surface area contributed by atoms with Crippen LogP contribution in [-0.2, 0) is 33.9 Å². The van der Waals surface area contributed by atoms with E-state index in [1.54, 1.807) is 0 Å². The van der Waals surface area contributed by atoms with Crippen LogP contribution in [0, 0.1) is 0 Å². The molecule has 10 rings (SSSR count). The largest absolute Gasteiger partial charge is 0.473 e. The summed E-state index contributed by atoms with van der Waals surface area (Å²) in [5, 5.41) is 46.3. The van der Waals surface area contributed by atoms with Gasteiger partial charge in [-0.1, -0.05) is 83.9 Å². The first-order valence-corrected chi connectivity index (χ1v) is 22.3. The highest BCUT2D eigenvalue weighted by molar-refractivity contribution is 7.17. The monoisotopic (exact) mass is 856 g/mol. The van der Waals surface area contributed by atoms with Gasteiger partial charge in [0.2, 0.25) is 0 Å². The minimum absolute atomic E-state index is 0.452. The van der Waals surface area contributed by atoms with Crippen molar-refractivity contribution in [3.8, 4) is 0 Å². The molecule has 12 heteroatoms. The van der Waals surface area contributed by atoms with Gasteiger partial charge in [-0.3, -0.25) is 9.80 Å². The molecule has 302 valence electrons. The van der Waals surface area contributed by atoms with Gasteiger partial charge >= 0.3 is 11.9 Å². The number of benzene rings is 4. The first-order chi connectivity index (χ1) is 27.9. The Balaban J connectivity index is 0.000000142. The number of fused-ring (bicyclic) bond motifs is 6. The summed E-state index contributed by atoms with van der Waals surface area (Å²) in [4.78, 5) is 23.5. The highest BCUT2D eigenvalue weighted by atomic mass is 35.5. The third kappa shape index (κ3) is 8.58. The molecule has 2 unspecified atom stereocenters. The third-order valence-electron chi connectivity index (χ3n) is 12.6. The number of aliphatic carboxylic acids is 2. The summed E-state index contributed by atoms with van der Waals surface area (Å²) in [7, 11) is 0. The summed E-state index contributed by atoms with van der Waals surface area (Å²) in [5.41, 5.74) is 3.45. The lowest BCUT2D eigenvalue weighted by atomic mass is 9.80. The summed E-state index contributed by atoms with van der Waals surface area (Å²) in [5.74, 6) is -3.65. The summed E-state index contributed by atoms with van der Waals surface area (Å²) < 4.78 is 2.73. The highest BCUT2D eigenvalue weighted by Gasteiger charge is 2.49. The van der Waals surface area contributed by atoms with E-state index in [2.05, 4.69) is 69.1 Å². The molecule has 8 nitrogen and oxygen atoms in total. The van der Waals surface area contributed by atoms with Gasteiger partial charge < -0.3 is 20.4 Å². The standard InChI is InChI=1S/2C22H22ClNOS.C2H2O4/c2*23-17-7-5-16(6-8-17)22(25)11-18-9-10-19(12-22)24(18)13-15-14-26-21-4-2-1-3-20(15)21;3-1(4)2(5)6/h2*1-8,14,18-19,25H,9-13H2;(H,3,4)(H,5,6)/t2*18-,19+,22?;. The molecule has 4 N–H and O–H groups in total. The maximum atomic E-state index is 11.4. The maximum Gasteiger partial charge on any atom is 0.414 e. The van der Waals surface area contributed by atoms with Crippen molar-refractivity contribution < 1.29 is 30.0 Å². The lowest BCUT2D eigenvalue weighted by molar-refractivity contribution is -0.159. The Hall–Kier alpha value is -3.84. The van der Waals surface area contributed by atoms with Gasteiger partial charge in [-0.15, -0.1) is 22.7 Å². The molecule has 4 fully saturated rings. The van der Waals surface area contributed by atoms with Crippen LogP contribution >= 0.6 is 45.9 Å². The van der Waals surface area contributed by atoms with E-state index >= 15 is 0 Å². The number of carboxylic acids is 2. The molecule has 6 aromatic rings. The predicted octanol–water partition coefficient (Wildman–Crippen LogP) is 10.3. The third-order valence-corrected chi connectivity index (χ3v) is 15.1. The van der Waals surface area contributed by atoms with Crippen LogP contribution in [0.15, 0.2) is 108 Å². The number of halogens is 2. The maximum absolute atomic E-state index is 11.4. The van der Waals surface area contributed by atoms with Crippen molar-refractivity contribution in [2.24, 2.45) is 0 Å². The Morgan fingerprint density at radius 1 is 0.552 bits per heavy atom. The molecule has 0 saturated carbocycles. The Morgan fingerprint density at radius 3 is 1.21 bits per heavy atom. The second-order valence-electron chi connectivity index (χ2n) is 16.1. The molecule has 58 heavy (non-hydrogen) atoms. The molecule has 4 saturated heterocycles. The number of thiophene rings is 2. The topological polar surface area (TPSA) is 122 Å². The number of carbonyl (C=O) groups is 2. The second-order valence-corrected chi connectivity index (χ2v) is 18.8. The Kier molecular flexibility index (Phi) is 12.0. The molecule has 4 aliphatic heterocycles. The Morgan fingerprint density at radius 2 is 0.879 bits per heavy atom. The number of rotatable bonds is 6. The van der Waals surface area contributed by atoms with Gasteiger partial charge in [-0.2, -0.15) is 0 Å². The Labute approximate surface area is 355 Å². The number of hydrogen-bond acceptors (Lipinski definition) is 8. The van der Waals surface area contributed by atoms with Crippen molar-refractivity contribution in [3.05, 3.63) is 140 Å². The fraction of sp³-hybridized carbons (Fsp3) is 0.348. The molecule has 6 heterocycles. The quantitative estimate of drug-likeness (QED) is 0.122. The zero-order valence-electron chi connectivity index (χ0n) is 31.8. The lowest BCUT2D eigenvalue weighted by Crippen LogP contribution is -2.49. The molecule has 4 bridgehead atoms. The van der Waals surface area contributed by atoms with Crippen molar-refractivity contribution in [2.75, 3.05) is 0 Å². The zero-order valence-corrected chi connectivity index (χ0v) is 35.0. The number of carboxylic acid groups (broad SMARTS) is 2. The van der Waals surface area contributed by atoms with Crippen LogP contribution in [0.2, 0.25) is 10.0 Å². The van der Waals surface area contributed by atoms with E-state index in [1.807, 2.05) is 71.2 Å². The smallest absolute Gasteiger partial charge is 0.414 e.